The normalized spacial score (nSPS) is 19.3. The van der Waals surface area contributed by atoms with Crippen molar-refractivity contribution in [2.24, 2.45) is 5.92 Å². The van der Waals surface area contributed by atoms with E-state index in [0.717, 1.165) is 41.7 Å². The first-order valence-corrected chi connectivity index (χ1v) is 12.3. The van der Waals surface area contributed by atoms with Crippen molar-refractivity contribution in [2.45, 2.75) is 39.0 Å². The summed E-state index contributed by atoms with van der Waals surface area (Å²) in [5.41, 5.74) is 3.94. The summed E-state index contributed by atoms with van der Waals surface area (Å²) in [6.07, 6.45) is 3.71. The molecule has 1 aromatic carbocycles. The zero-order valence-corrected chi connectivity index (χ0v) is 20.9. The summed E-state index contributed by atoms with van der Waals surface area (Å²) < 4.78 is 33.0. The van der Waals surface area contributed by atoms with Crippen LogP contribution in [0, 0.1) is 12.8 Å². The first-order chi connectivity index (χ1) is 17.7. The summed E-state index contributed by atoms with van der Waals surface area (Å²) in [4.78, 5) is 36.0. The smallest absolute Gasteiger partial charge is 0.286 e. The van der Waals surface area contributed by atoms with Crippen LogP contribution in [0.15, 0.2) is 48.8 Å². The maximum Gasteiger partial charge on any atom is 0.286 e. The molecule has 1 saturated heterocycles. The van der Waals surface area contributed by atoms with Crippen molar-refractivity contribution >= 4 is 23.3 Å². The lowest BCUT2D eigenvalue weighted by Crippen LogP contribution is -2.47. The molecule has 0 aliphatic carbocycles. The summed E-state index contributed by atoms with van der Waals surface area (Å²) in [5.74, 6) is -3.07. The van der Waals surface area contributed by atoms with Gasteiger partial charge in [0.25, 0.3) is 11.8 Å². The SMILES string of the molecule is CCN1C(=O)[C@H]2COCC[C@H]2c2cc(-c3cc(NC(=O)c4ccnc(C(C)(F)F)c4)ccc3C)cnc21. The molecular weight excluding hydrogens is 478 g/mol. The monoisotopic (exact) mass is 506 g/mol. The molecule has 4 heterocycles. The molecule has 2 aliphatic rings. The molecule has 7 nitrogen and oxygen atoms in total. The molecule has 0 spiro atoms. The summed E-state index contributed by atoms with van der Waals surface area (Å²) >= 11 is 0. The van der Waals surface area contributed by atoms with E-state index in [-0.39, 0.29) is 23.3 Å². The van der Waals surface area contributed by atoms with E-state index in [9.17, 15) is 18.4 Å². The molecule has 5 rings (SSSR count). The van der Waals surface area contributed by atoms with E-state index in [4.69, 9.17) is 9.72 Å². The van der Waals surface area contributed by atoms with Crippen molar-refractivity contribution in [3.63, 3.8) is 0 Å². The van der Waals surface area contributed by atoms with Crippen LogP contribution in [0.2, 0.25) is 0 Å². The zero-order valence-electron chi connectivity index (χ0n) is 20.9. The highest BCUT2D eigenvalue weighted by Gasteiger charge is 2.42. The molecule has 1 N–H and O–H groups in total. The van der Waals surface area contributed by atoms with Crippen LogP contribution in [0.4, 0.5) is 20.3 Å². The predicted octanol–water partition coefficient (Wildman–Crippen LogP) is 5.30. The van der Waals surface area contributed by atoms with Gasteiger partial charge < -0.3 is 10.1 Å². The van der Waals surface area contributed by atoms with E-state index < -0.39 is 17.5 Å². The Bertz CT molecular complexity index is 1370. The van der Waals surface area contributed by atoms with Gasteiger partial charge in [0.15, 0.2) is 0 Å². The third kappa shape index (κ3) is 4.71. The number of hydrogen-bond acceptors (Lipinski definition) is 5. The second kappa shape index (κ2) is 9.63. The van der Waals surface area contributed by atoms with Crippen molar-refractivity contribution in [2.75, 3.05) is 30.0 Å². The Morgan fingerprint density at radius 1 is 1.19 bits per heavy atom. The molecule has 9 heteroatoms. The maximum absolute atomic E-state index is 13.7. The van der Waals surface area contributed by atoms with E-state index in [1.807, 2.05) is 26.0 Å². The second-order valence-corrected chi connectivity index (χ2v) is 9.60. The largest absolute Gasteiger partial charge is 0.381 e. The fraction of sp³-hybridized carbons (Fsp3) is 0.357. The number of amides is 2. The average Bonchev–Trinajstić information content (AvgIpc) is 2.89. The number of hydrogen-bond donors (Lipinski definition) is 1. The molecule has 37 heavy (non-hydrogen) atoms. The number of anilines is 2. The van der Waals surface area contributed by atoms with Crippen molar-refractivity contribution in [3.05, 3.63) is 71.2 Å². The van der Waals surface area contributed by atoms with Crippen LogP contribution in [0.1, 0.15) is 53.4 Å². The predicted molar refractivity (Wildman–Crippen MR) is 136 cm³/mol. The maximum atomic E-state index is 13.7. The Balaban J connectivity index is 1.47. The van der Waals surface area contributed by atoms with Gasteiger partial charge in [-0.3, -0.25) is 19.5 Å². The number of halogens is 2. The summed E-state index contributed by atoms with van der Waals surface area (Å²) in [6, 6.07) is 10.1. The highest BCUT2D eigenvalue weighted by Crippen LogP contribution is 2.44. The lowest BCUT2D eigenvalue weighted by molar-refractivity contribution is -0.128. The number of carbonyl (C=O) groups is 2. The summed E-state index contributed by atoms with van der Waals surface area (Å²) in [7, 11) is 0. The lowest BCUT2D eigenvalue weighted by Gasteiger charge is -2.40. The van der Waals surface area contributed by atoms with Gasteiger partial charge in [-0.05, 0) is 67.3 Å². The van der Waals surface area contributed by atoms with Gasteiger partial charge in [0.1, 0.15) is 11.5 Å². The Morgan fingerprint density at radius 2 is 2.00 bits per heavy atom. The fourth-order valence-corrected chi connectivity index (χ4v) is 5.11. The molecular formula is C28H28F2N4O3. The van der Waals surface area contributed by atoms with Crippen LogP contribution < -0.4 is 10.2 Å². The van der Waals surface area contributed by atoms with Crippen LogP contribution in [0.5, 0.6) is 0 Å². The number of carbonyl (C=O) groups excluding carboxylic acids is 2. The molecule has 0 unspecified atom stereocenters. The number of aryl methyl sites for hydroxylation is 1. The minimum atomic E-state index is -3.14. The minimum Gasteiger partial charge on any atom is -0.381 e. The second-order valence-electron chi connectivity index (χ2n) is 9.60. The van der Waals surface area contributed by atoms with E-state index in [1.54, 1.807) is 17.2 Å². The Morgan fingerprint density at radius 3 is 2.76 bits per heavy atom. The van der Waals surface area contributed by atoms with Gasteiger partial charge in [-0.25, -0.2) is 4.98 Å². The van der Waals surface area contributed by atoms with Crippen LogP contribution in [0.3, 0.4) is 0 Å². The average molecular weight is 507 g/mol. The number of pyridine rings is 2. The number of nitrogens with zero attached hydrogens (tertiary/aromatic N) is 3. The zero-order chi connectivity index (χ0) is 26.3. The highest BCUT2D eigenvalue weighted by atomic mass is 19.3. The first-order valence-electron chi connectivity index (χ1n) is 12.3. The van der Waals surface area contributed by atoms with Gasteiger partial charge in [0.2, 0.25) is 5.91 Å². The quantitative estimate of drug-likeness (QED) is 0.508. The molecule has 2 aliphatic heterocycles. The Labute approximate surface area is 213 Å². The third-order valence-corrected chi connectivity index (χ3v) is 7.08. The first kappa shape index (κ1) is 25.0. The van der Waals surface area contributed by atoms with Crippen LogP contribution in [-0.4, -0.2) is 41.5 Å². The van der Waals surface area contributed by atoms with Crippen molar-refractivity contribution in [1.29, 1.82) is 0 Å². The third-order valence-electron chi connectivity index (χ3n) is 7.08. The number of benzene rings is 1. The van der Waals surface area contributed by atoms with E-state index in [2.05, 4.69) is 16.4 Å². The van der Waals surface area contributed by atoms with Crippen molar-refractivity contribution < 1.29 is 23.1 Å². The number of ether oxygens (including phenoxy) is 1. The van der Waals surface area contributed by atoms with Crippen molar-refractivity contribution in [3.8, 4) is 11.1 Å². The molecule has 0 saturated carbocycles. The highest BCUT2D eigenvalue weighted by molar-refractivity contribution is 6.04. The number of fused-ring (bicyclic) bond motifs is 3. The van der Waals surface area contributed by atoms with Crippen LogP contribution in [-0.2, 0) is 15.5 Å². The fourth-order valence-electron chi connectivity index (χ4n) is 5.11. The van der Waals surface area contributed by atoms with Crippen LogP contribution in [0.25, 0.3) is 11.1 Å². The topological polar surface area (TPSA) is 84.4 Å². The summed E-state index contributed by atoms with van der Waals surface area (Å²) in [5, 5.41) is 2.80. The van der Waals surface area contributed by atoms with Gasteiger partial charge in [0.05, 0.1) is 12.5 Å². The Kier molecular flexibility index (Phi) is 6.49. The van der Waals surface area contributed by atoms with Crippen LogP contribution >= 0.6 is 0 Å². The lowest BCUT2D eigenvalue weighted by atomic mass is 9.78. The molecule has 1 fully saturated rings. The van der Waals surface area contributed by atoms with Crippen molar-refractivity contribution in [1.82, 2.24) is 9.97 Å². The van der Waals surface area contributed by atoms with E-state index in [0.29, 0.717) is 31.3 Å². The molecule has 0 radical (unpaired) electrons. The van der Waals surface area contributed by atoms with Gasteiger partial charge in [-0.2, -0.15) is 8.78 Å². The number of aromatic nitrogens is 2. The van der Waals surface area contributed by atoms with Gasteiger partial charge in [0, 0.05) is 55.2 Å². The molecule has 0 bridgehead atoms. The molecule has 3 aromatic rings. The molecule has 2 amide bonds. The van der Waals surface area contributed by atoms with Gasteiger partial charge in [-0.1, -0.05) is 6.07 Å². The number of rotatable bonds is 5. The number of nitrogens with one attached hydrogen (secondary N) is 1. The van der Waals surface area contributed by atoms with Gasteiger partial charge in [-0.15, -0.1) is 0 Å². The molecule has 2 atom stereocenters. The standard InChI is InChI=1S/C28H28F2N4O3/c1-4-34-25-22(20-8-10-37-15-23(20)27(34)36)11-18(14-32-25)21-13-19(6-5-16(21)2)33-26(35)17-7-9-31-24(12-17)28(3,29)30/h5-7,9,11-14,20,23H,4,8,10,15H2,1-3H3,(H,33,35)/t20-,23-/m0/s1. The van der Waals surface area contributed by atoms with Gasteiger partial charge >= 0.3 is 0 Å². The minimum absolute atomic E-state index is 0.0484. The molecule has 192 valence electrons. The molecule has 2 aromatic heterocycles. The Hall–Kier alpha value is -3.72. The van der Waals surface area contributed by atoms with E-state index >= 15 is 0 Å². The summed E-state index contributed by atoms with van der Waals surface area (Å²) in [6.45, 7) is 6.19. The number of alkyl halides is 2. The van der Waals surface area contributed by atoms with E-state index in [1.165, 1.54) is 12.3 Å².